The minimum absolute atomic E-state index is 0.0871. The van der Waals surface area contributed by atoms with Gasteiger partial charge in [-0.05, 0) is 45.0 Å². The topological polar surface area (TPSA) is 59.1 Å². The van der Waals surface area contributed by atoms with Crippen molar-refractivity contribution < 1.29 is 8.42 Å². The number of hydrogen-bond donors (Lipinski definition) is 1. The van der Waals surface area contributed by atoms with Crippen LogP contribution in [0.15, 0.2) is 29.2 Å². The van der Waals surface area contributed by atoms with Gasteiger partial charge in [0.2, 0.25) is 0 Å². The van der Waals surface area contributed by atoms with Gasteiger partial charge in [-0.3, -0.25) is 0 Å². The van der Waals surface area contributed by atoms with Crippen molar-refractivity contribution in [3.05, 3.63) is 39.8 Å². The zero-order valence-electron chi connectivity index (χ0n) is 12.0. The third-order valence-corrected chi connectivity index (χ3v) is 5.05. The fourth-order valence-corrected chi connectivity index (χ4v) is 3.61. The number of nitrogens with one attached hydrogen (secondary N) is 1. The molecule has 1 atom stereocenters. The van der Waals surface area contributed by atoms with E-state index in [0.29, 0.717) is 4.90 Å². The molecule has 2 rings (SSSR count). The molecule has 0 aliphatic heterocycles. The zero-order valence-corrected chi connectivity index (χ0v) is 13.6. The molecule has 0 amide bonds. The summed E-state index contributed by atoms with van der Waals surface area (Å²) in [7, 11) is -3.14. The SMILES string of the molecule is Cc1nc(C(C)Nc2ccc(S(C)(=O)=O)cc2)c(C)s1. The molecule has 0 fully saturated rings. The highest BCUT2D eigenvalue weighted by atomic mass is 32.2. The van der Waals surface area contributed by atoms with E-state index in [4.69, 9.17) is 0 Å². The van der Waals surface area contributed by atoms with Crippen molar-refractivity contribution in [1.29, 1.82) is 0 Å². The second-order valence-electron chi connectivity index (χ2n) is 4.84. The van der Waals surface area contributed by atoms with E-state index in [9.17, 15) is 8.42 Å². The third-order valence-electron chi connectivity index (χ3n) is 3.02. The molecule has 0 aliphatic carbocycles. The number of hydrogen-bond acceptors (Lipinski definition) is 5. The van der Waals surface area contributed by atoms with Gasteiger partial charge in [0, 0.05) is 16.8 Å². The molecular formula is C14H18N2O2S2. The zero-order chi connectivity index (χ0) is 14.9. The van der Waals surface area contributed by atoms with Crippen molar-refractivity contribution in [3.8, 4) is 0 Å². The Labute approximate surface area is 123 Å². The molecule has 1 unspecified atom stereocenters. The van der Waals surface area contributed by atoms with Crippen molar-refractivity contribution in [2.75, 3.05) is 11.6 Å². The largest absolute Gasteiger partial charge is 0.377 e. The smallest absolute Gasteiger partial charge is 0.175 e. The molecule has 0 saturated heterocycles. The van der Waals surface area contributed by atoms with E-state index < -0.39 is 9.84 Å². The molecule has 6 heteroatoms. The average Bonchev–Trinajstić information content (AvgIpc) is 2.68. The molecule has 0 spiro atoms. The van der Waals surface area contributed by atoms with Crippen LogP contribution in [0.4, 0.5) is 5.69 Å². The quantitative estimate of drug-likeness (QED) is 0.941. The van der Waals surface area contributed by atoms with E-state index in [1.54, 1.807) is 35.6 Å². The van der Waals surface area contributed by atoms with Crippen molar-refractivity contribution in [2.45, 2.75) is 31.7 Å². The molecular weight excluding hydrogens is 292 g/mol. The molecule has 0 aliphatic rings. The maximum absolute atomic E-state index is 11.4. The summed E-state index contributed by atoms with van der Waals surface area (Å²) < 4.78 is 22.8. The Hall–Kier alpha value is -1.40. The van der Waals surface area contributed by atoms with Gasteiger partial charge in [0.25, 0.3) is 0 Å². The minimum atomic E-state index is -3.14. The van der Waals surface area contributed by atoms with Gasteiger partial charge in [-0.2, -0.15) is 0 Å². The molecule has 1 aromatic carbocycles. The number of anilines is 1. The van der Waals surface area contributed by atoms with Gasteiger partial charge in [-0.25, -0.2) is 13.4 Å². The molecule has 0 bridgehead atoms. The van der Waals surface area contributed by atoms with E-state index >= 15 is 0 Å². The third kappa shape index (κ3) is 3.37. The van der Waals surface area contributed by atoms with Crippen LogP contribution in [0.2, 0.25) is 0 Å². The van der Waals surface area contributed by atoms with E-state index in [-0.39, 0.29) is 6.04 Å². The number of benzene rings is 1. The van der Waals surface area contributed by atoms with Gasteiger partial charge >= 0.3 is 0 Å². The first kappa shape index (κ1) is 15.0. The second-order valence-corrected chi connectivity index (χ2v) is 8.26. The van der Waals surface area contributed by atoms with E-state index in [1.807, 2.05) is 13.8 Å². The maximum atomic E-state index is 11.4. The van der Waals surface area contributed by atoms with E-state index in [2.05, 4.69) is 17.2 Å². The Morgan fingerprint density at radius 1 is 1.20 bits per heavy atom. The van der Waals surface area contributed by atoms with Crippen LogP contribution in [0.25, 0.3) is 0 Å². The molecule has 20 heavy (non-hydrogen) atoms. The van der Waals surface area contributed by atoms with Crippen LogP contribution in [0, 0.1) is 13.8 Å². The Bertz CT molecular complexity index is 703. The summed E-state index contributed by atoms with van der Waals surface area (Å²) in [5.41, 5.74) is 1.93. The predicted octanol–water partition coefficient (Wildman–Crippen LogP) is 3.34. The lowest BCUT2D eigenvalue weighted by Gasteiger charge is -2.14. The van der Waals surface area contributed by atoms with Gasteiger partial charge in [0.05, 0.1) is 21.6 Å². The Kier molecular flexibility index (Phi) is 4.15. The number of rotatable bonds is 4. The van der Waals surface area contributed by atoms with Crippen LogP contribution >= 0.6 is 11.3 Å². The number of aromatic nitrogens is 1. The standard InChI is InChI=1S/C14H18N2O2S2/c1-9(14-10(2)19-11(3)16-14)15-12-5-7-13(8-6-12)20(4,17)18/h5-9,15H,1-4H3. The summed E-state index contributed by atoms with van der Waals surface area (Å²) in [4.78, 5) is 6.06. The second kappa shape index (κ2) is 5.54. The summed E-state index contributed by atoms with van der Waals surface area (Å²) in [6.45, 7) is 6.10. The Morgan fingerprint density at radius 3 is 2.25 bits per heavy atom. The van der Waals surface area contributed by atoms with Crippen molar-refractivity contribution in [3.63, 3.8) is 0 Å². The van der Waals surface area contributed by atoms with Crippen molar-refractivity contribution >= 4 is 26.9 Å². The summed E-state index contributed by atoms with van der Waals surface area (Å²) in [6.07, 6.45) is 1.21. The highest BCUT2D eigenvalue weighted by molar-refractivity contribution is 7.90. The molecule has 108 valence electrons. The van der Waals surface area contributed by atoms with Crippen LogP contribution in [0.3, 0.4) is 0 Å². The number of thiazole rings is 1. The fraction of sp³-hybridized carbons (Fsp3) is 0.357. The van der Waals surface area contributed by atoms with Gasteiger partial charge in [0.15, 0.2) is 9.84 Å². The first-order chi connectivity index (χ1) is 9.27. The van der Waals surface area contributed by atoms with E-state index in [0.717, 1.165) is 16.4 Å². The molecule has 4 nitrogen and oxygen atoms in total. The predicted molar refractivity (Wildman–Crippen MR) is 83.2 cm³/mol. The van der Waals surface area contributed by atoms with Crippen LogP contribution in [0.1, 0.15) is 28.5 Å². The van der Waals surface area contributed by atoms with Gasteiger partial charge in [-0.15, -0.1) is 11.3 Å². The molecule has 1 aromatic heterocycles. The molecule has 1 heterocycles. The van der Waals surface area contributed by atoms with Crippen LogP contribution in [-0.4, -0.2) is 19.7 Å². The fourth-order valence-electron chi connectivity index (χ4n) is 2.06. The van der Waals surface area contributed by atoms with Crippen molar-refractivity contribution in [1.82, 2.24) is 4.98 Å². The lowest BCUT2D eigenvalue weighted by molar-refractivity contribution is 0.602. The van der Waals surface area contributed by atoms with Crippen molar-refractivity contribution in [2.24, 2.45) is 0 Å². The van der Waals surface area contributed by atoms with Gasteiger partial charge in [-0.1, -0.05) is 0 Å². The Balaban J connectivity index is 2.16. The van der Waals surface area contributed by atoms with Crippen LogP contribution in [-0.2, 0) is 9.84 Å². The molecule has 0 radical (unpaired) electrons. The lowest BCUT2D eigenvalue weighted by atomic mass is 10.2. The van der Waals surface area contributed by atoms with Gasteiger partial charge < -0.3 is 5.32 Å². The lowest BCUT2D eigenvalue weighted by Crippen LogP contribution is -2.08. The van der Waals surface area contributed by atoms with Crippen LogP contribution in [0.5, 0.6) is 0 Å². The maximum Gasteiger partial charge on any atom is 0.175 e. The first-order valence-corrected chi connectivity index (χ1v) is 8.99. The monoisotopic (exact) mass is 310 g/mol. The summed E-state index contributed by atoms with van der Waals surface area (Å²) in [6, 6.07) is 6.87. The molecule has 2 aromatic rings. The number of aryl methyl sites for hydroxylation is 2. The number of sulfone groups is 1. The number of nitrogens with zero attached hydrogens (tertiary/aromatic N) is 1. The van der Waals surface area contributed by atoms with Crippen LogP contribution < -0.4 is 5.32 Å². The van der Waals surface area contributed by atoms with Gasteiger partial charge in [0.1, 0.15) is 0 Å². The minimum Gasteiger partial charge on any atom is -0.377 e. The summed E-state index contributed by atoms with van der Waals surface area (Å²) >= 11 is 1.68. The highest BCUT2D eigenvalue weighted by Gasteiger charge is 2.13. The average molecular weight is 310 g/mol. The summed E-state index contributed by atoms with van der Waals surface area (Å²) in [5, 5.41) is 4.39. The Morgan fingerprint density at radius 2 is 1.80 bits per heavy atom. The molecule has 1 N–H and O–H groups in total. The first-order valence-electron chi connectivity index (χ1n) is 6.28. The molecule has 0 saturated carbocycles. The normalized spacial score (nSPS) is 13.2. The van der Waals surface area contributed by atoms with E-state index in [1.165, 1.54) is 11.1 Å². The highest BCUT2D eigenvalue weighted by Crippen LogP contribution is 2.25. The summed E-state index contributed by atoms with van der Waals surface area (Å²) in [5.74, 6) is 0.